The first kappa shape index (κ1) is 13.3. The molecule has 6 heteroatoms. The van der Waals surface area contributed by atoms with Crippen LogP contribution in [0.15, 0.2) is 18.2 Å². The number of carbonyl (C=O) groups excluding carboxylic acids is 1. The van der Waals surface area contributed by atoms with E-state index in [1.807, 2.05) is 0 Å². The van der Waals surface area contributed by atoms with Crippen molar-refractivity contribution in [3.63, 3.8) is 0 Å². The summed E-state index contributed by atoms with van der Waals surface area (Å²) in [6.45, 7) is 0.501. The third kappa shape index (κ3) is 3.33. The summed E-state index contributed by atoms with van der Waals surface area (Å²) < 4.78 is 4.88. The molecule has 0 aliphatic heterocycles. The lowest BCUT2D eigenvalue weighted by molar-refractivity contribution is 0.0897. The van der Waals surface area contributed by atoms with Crippen LogP contribution in [0.25, 0.3) is 0 Å². The second-order valence-corrected chi connectivity index (χ2v) is 3.53. The van der Waals surface area contributed by atoms with Gasteiger partial charge in [0, 0.05) is 13.7 Å². The van der Waals surface area contributed by atoms with Gasteiger partial charge in [0.25, 0.3) is 5.91 Å². The van der Waals surface area contributed by atoms with E-state index in [9.17, 15) is 15.0 Å². The number of nitrogens with one attached hydrogen (secondary N) is 1. The maximum Gasteiger partial charge on any atom is 0.255 e. The largest absolute Gasteiger partial charge is 0.504 e. The van der Waals surface area contributed by atoms with Crippen LogP contribution in [0.5, 0.6) is 11.5 Å². The van der Waals surface area contributed by atoms with Crippen LogP contribution in [0.4, 0.5) is 0 Å². The van der Waals surface area contributed by atoms with Gasteiger partial charge in [-0.25, -0.2) is 0 Å². The number of hydrogen-bond donors (Lipinski definition) is 4. The summed E-state index contributed by atoms with van der Waals surface area (Å²) in [4.78, 5) is 11.8. The molecule has 0 aromatic heterocycles. The Bertz CT molecular complexity index is 395. The summed E-state index contributed by atoms with van der Waals surface area (Å²) in [7, 11) is 1.50. The minimum atomic E-state index is -0.508. The molecule has 1 rings (SSSR count). The van der Waals surface area contributed by atoms with Crippen molar-refractivity contribution in [2.75, 3.05) is 20.3 Å². The highest BCUT2D eigenvalue weighted by atomic mass is 16.5. The SMILES string of the molecule is COCC(CN)NC(=O)c1cccc(O)c1O. The highest BCUT2D eigenvalue weighted by Crippen LogP contribution is 2.27. The van der Waals surface area contributed by atoms with Crippen molar-refractivity contribution in [1.29, 1.82) is 0 Å². The zero-order valence-corrected chi connectivity index (χ0v) is 9.51. The standard InChI is InChI=1S/C11H16N2O4/c1-17-6-7(5-12)13-11(16)8-3-2-4-9(14)10(8)15/h2-4,7,14-15H,5-6,12H2,1H3,(H,13,16). The number of methoxy groups -OCH3 is 1. The fraction of sp³-hybridized carbons (Fsp3) is 0.364. The zero-order valence-electron chi connectivity index (χ0n) is 9.51. The van der Waals surface area contributed by atoms with Crippen LogP contribution < -0.4 is 11.1 Å². The van der Waals surface area contributed by atoms with Crippen LogP contribution in [-0.4, -0.2) is 42.4 Å². The number of hydrogen-bond acceptors (Lipinski definition) is 5. The first-order valence-electron chi connectivity index (χ1n) is 5.11. The molecule has 5 N–H and O–H groups in total. The molecule has 0 saturated heterocycles. The molecule has 1 aromatic rings. The van der Waals surface area contributed by atoms with Gasteiger partial charge in [-0.05, 0) is 12.1 Å². The number of phenolic OH excluding ortho intramolecular Hbond substituents is 2. The lowest BCUT2D eigenvalue weighted by Crippen LogP contribution is -2.43. The highest BCUT2D eigenvalue weighted by Gasteiger charge is 2.17. The quantitative estimate of drug-likeness (QED) is 0.533. The molecule has 0 fully saturated rings. The lowest BCUT2D eigenvalue weighted by atomic mass is 10.1. The molecule has 0 aliphatic rings. The molecule has 94 valence electrons. The number of ether oxygens (including phenoxy) is 1. The average Bonchev–Trinajstić information content (AvgIpc) is 2.31. The van der Waals surface area contributed by atoms with Crippen LogP contribution in [0.3, 0.4) is 0 Å². The Morgan fingerprint density at radius 1 is 1.53 bits per heavy atom. The van der Waals surface area contributed by atoms with Gasteiger partial charge >= 0.3 is 0 Å². The predicted molar refractivity (Wildman–Crippen MR) is 62.0 cm³/mol. The summed E-state index contributed by atoms with van der Waals surface area (Å²) in [6.07, 6.45) is 0. The third-order valence-electron chi connectivity index (χ3n) is 2.25. The van der Waals surface area contributed by atoms with Crippen LogP contribution in [-0.2, 0) is 4.74 Å². The van der Waals surface area contributed by atoms with Crippen molar-refractivity contribution in [1.82, 2.24) is 5.32 Å². The Kier molecular flexibility index (Phi) is 4.74. The summed E-state index contributed by atoms with van der Waals surface area (Å²) in [5, 5.41) is 21.4. The molecule has 0 bridgehead atoms. The van der Waals surface area contributed by atoms with Crippen LogP contribution in [0.1, 0.15) is 10.4 Å². The summed E-state index contributed by atoms with van der Waals surface area (Å²) in [5.41, 5.74) is 5.45. The molecule has 0 aliphatic carbocycles. The number of amides is 1. The van der Waals surface area contributed by atoms with E-state index in [4.69, 9.17) is 10.5 Å². The number of carbonyl (C=O) groups is 1. The second-order valence-electron chi connectivity index (χ2n) is 3.53. The van der Waals surface area contributed by atoms with E-state index in [1.165, 1.54) is 25.3 Å². The predicted octanol–water partition coefficient (Wildman–Crippen LogP) is -0.199. The van der Waals surface area contributed by atoms with Gasteiger partial charge in [-0.1, -0.05) is 6.07 Å². The van der Waals surface area contributed by atoms with Crippen molar-refractivity contribution in [2.24, 2.45) is 5.73 Å². The third-order valence-corrected chi connectivity index (χ3v) is 2.25. The molecule has 0 spiro atoms. The number of aromatic hydroxyl groups is 2. The molecule has 0 heterocycles. The minimum Gasteiger partial charge on any atom is -0.504 e. The second kappa shape index (κ2) is 6.07. The number of phenols is 2. The van der Waals surface area contributed by atoms with Gasteiger partial charge in [0.05, 0.1) is 18.2 Å². The minimum absolute atomic E-state index is 0.000414. The Balaban J connectivity index is 2.79. The van der Waals surface area contributed by atoms with Gasteiger partial charge in [0.15, 0.2) is 11.5 Å². The maximum atomic E-state index is 11.8. The molecule has 0 saturated carbocycles. The molecule has 1 unspecified atom stereocenters. The van der Waals surface area contributed by atoms with Gasteiger partial charge in [0.1, 0.15) is 0 Å². The van der Waals surface area contributed by atoms with Gasteiger partial charge in [-0.3, -0.25) is 4.79 Å². The van der Waals surface area contributed by atoms with E-state index in [2.05, 4.69) is 5.32 Å². The zero-order chi connectivity index (χ0) is 12.8. The number of nitrogens with two attached hydrogens (primary N) is 1. The molecule has 6 nitrogen and oxygen atoms in total. The first-order chi connectivity index (χ1) is 8.10. The summed E-state index contributed by atoms with van der Waals surface area (Å²) >= 11 is 0. The Morgan fingerprint density at radius 2 is 2.24 bits per heavy atom. The molecule has 0 radical (unpaired) electrons. The van der Waals surface area contributed by atoms with E-state index in [0.717, 1.165) is 0 Å². The van der Waals surface area contributed by atoms with E-state index in [1.54, 1.807) is 0 Å². The summed E-state index contributed by atoms with van der Waals surface area (Å²) in [6, 6.07) is 3.83. The van der Waals surface area contributed by atoms with E-state index < -0.39 is 11.7 Å². The van der Waals surface area contributed by atoms with Crippen molar-refractivity contribution < 1.29 is 19.7 Å². The van der Waals surface area contributed by atoms with Crippen molar-refractivity contribution >= 4 is 5.91 Å². The number of benzene rings is 1. The van der Waals surface area contributed by atoms with Crippen LogP contribution >= 0.6 is 0 Å². The van der Waals surface area contributed by atoms with E-state index in [-0.39, 0.29) is 30.5 Å². The number of rotatable bonds is 5. The molecule has 1 aromatic carbocycles. The van der Waals surface area contributed by atoms with Crippen LogP contribution in [0, 0.1) is 0 Å². The molecular weight excluding hydrogens is 224 g/mol. The van der Waals surface area contributed by atoms with Gasteiger partial charge in [0.2, 0.25) is 0 Å². The first-order valence-corrected chi connectivity index (χ1v) is 5.11. The van der Waals surface area contributed by atoms with E-state index >= 15 is 0 Å². The molecule has 1 atom stereocenters. The molecule has 1 amide bonds. The van der Waals surface area contributed by atoms with E-state index in [0.29, 0.717) is 0 Å². The monoisotopic (exact) mass is 240 g/mol. The Hall–Kier alpha value is -1.79. The van der Waals surface area contributed by atoms with Gasteiger partial charge in [-0.15, -0.1) is 0 Å². The fourth-order valence-electron chi connectivity index (χ4n) is 1.35. The smallest absolute Gasteiger partial charge is 0.255 e. The van der Waals surface area contributed by atoms with Gasteiger partial charge < -0.3 is 26.0 Å². The van der Waals surface area contributed by atoms with Gasteiger partial charge in [-0.2, -0.15) is 0 Å². The fourth-order valence-corrected chi connectivity index (χ4v) is 1.35. The highest BCUT2D eigenvalue weighted by molar-refractivity contribution is 5.97. The Labute approximate surface area is 99.0 Å². The average molecular weight is 240 g/mol. The van der Waals surface area contributed by atoms with Crippen molar-refractivity contribution in [3.05, 3.63) is 23.8 Å². The number of para-hydroxylation sites is 1. The lowest BCUT2D eigenvalue weighted by Gasteiger charge is -2.16. The Morgan fingerprint density at radius 3 is 2.82 bits per heavy atom. The maximum absolute atomic E-state index is 11.8. The van der Waals surface area contributed by atoms with Crippen molar-refractivity contribution in [2.45, 2.75) is 6.04 Å². The van der Waals surface area contributed by atoms with Crippen molar-refractivity contribution in [3.8, 4) is 11.5 Å². The summed E-state index contributed by atoms with van der Waals surface area (Å²) in [5.74, 6) is -1.29. The topological polar surface area (TPSA) is 105 Å². The molecular formula is C11H16N2O4. The van der Waals surface area contributed by atoms with Crippen LogP contribution in [0.2, 0.25) is 0 Å². The normalized spacial score (nSPS) is 12.1. The molecule has 17 heavy (non-hydrogen) atoms.